The molecule has 0 unspecified atom stereocenters. The topological polar surface area (TPSA) is 34.9 Å². The molecule has 0 saturated heterocycles. The van der Waals surface area contributed by atoms with Crippen molar-refractivity contribution in [2.24, 2.45) is 0 Å². The monoisotopic (exact) mass is 258 g/mol. The second-order valence-electron chi connectivity index (χ2n) is 4.93. The van der Waals surface area contributed by atoms with E-state index in [1.807, 2.05) is 18.2 Å². The van der Waals surface area contributed by atoms with Gasteiger partial charge in [-0.2, -0.15) is 0 Å². The van der Waals surface area contributed by atoms with Gasteiger partial charge in [0.25, 0.3) is 0 Å². The summed E-state index contributed by atoms with van der Waals surface area (Å²) in [5.74, 6) is 1.21. The summed E-state index contributed by atoms with van der Waals surface area (Å²) in [5.41, 5.74) is 2.11. The summed E-state index contributed by atoms with van der Waals surface area (Å²) in [4.78, 5) is 16.6. The van der Waals surface area contributed by atoms with Crippen molar-refractivity contribution in [1.82, 2.24) is 9.55 Å². The van der Waals surface area contributed by atoms with Crippen LogP contribution in [-0.4, -0.2) is 15.3 Å². The number of hydrogen-bond donors (Lipinski definition) is 0. The van der Waals surface area contributed by atoms with E-state index >= 15 is 0 Å². The Labute approximate surface area is 114 Å². The number of nitrogens with zero attached hydrogens (tertiary/aromatic N) is 2. The molecule has 0 aliphatic carbocycles. The molecule has 102 valence electrons. The zero-order valence-electron chi connectivity index (χ0n) is 11.9. The van der Waals surface area contributed by atoms with E-state index < -0.39 is 0 Å². The third-order valence-corrected chi connectivity index (χ3v) is 3.46. The number of benzene rings is 1. The molecule has 0 radical (unpaired) electrons. The fourth-order valence-electron chi connectivity index (χ4n) is 2.45. The van der Waals surface area contributed by atoms with Gasteiger partial charge in [-0.25, -0.2) is 4.98 Å². The Morgan fingerprint density at radius 2 is 2.00 bits per heavy atom. The van der Waals surface area contributed by atoms with Crippen LogP contribution in [0.3, 0.4) is 0 Å². The minimum absolute atomic E-state index is 0.304. The molecule has 0 bridgehead atoms. The minimum Gasteiger partial charge on any atom is -0.328 e. The molecule has 0 aliphatic heterocycles. The highest BCUT2D eigenvalue weighted by atomic mass is 16.1. The highest BCUT2D eigenvalue weighted by Gasteiger charge is 2.12. The predicted octanol–water partition coefficient (Wildman–Crippen LogP) is 3.75. The molecule has 1 heterocycles. The Hall–Kier alpha value is -1.64. The second-order valence-corrected chi connectivity index (χ2v) is 4.93. The number of aromatic nitrogens is 2. The van der Waals surface area contributed by atoms with Crippen molar-refractivity contribution in [1.29, 1.82) is 0 Å². The van der Waals surface area contributed by atoms with Crippen LogP contribution in [0.15, 0.2) is 24.3 Å². The molecule has 3 heteroatoms. The van der Waals surface area contributed by atoms with Crippen molar-refractivity contribution in [3.8, 4) is 0 Å². The van der Waals surface area contributed by atoms with Gasteiger partial charge in [0.1, 0.15) is 11.6 Å². The molecule has 0 saturated carbocycles. The summed E-state index contributed by atoms with van der Waals surface area (Å²) in [6, 6.07) is 8.08. The van der Waals surface area contributed by atoms with E-state index in [0.717, 1.165) is 42.7 Å². The molecule has 1 aromatic heterocycles. The lowest BCUT2D eigenvalue weighted by molar-refractivity contribution is -0.118. The number of fused-ring (bicyclic) bond motifs is 1. The van der Waals surface area contributed by atoms with Gasteiger partial charge in [-0.15, -0.1) is 0 Å². The molecule has 0 aliphatic rings. The Morgan fingerprint density at radius 1 is 1.21 bits per heavy atom. The quantitative estimate of drug-likeness (QED) is 0.709. The molecule has 0 fully saturated rings. The van der Waals surface area contributed by atoms with Crippen LogP contribution in [0.5, 0.6) is 0 Å². The standard InChI is InChI=1S/C16H22N2O/c1-3-5-6-9-13(19)12-16-17-14-10-7-8-11-15(14)18(16)4-2/h7-8,10-11H,3-6,9,12H2,1-2H3. The fourth-order valence-corrected chi connectivity index (χ4v) is 2.45. The Kier molecular flexibility index (Phi) is 4.72. The van der Waals surface area contributed by atoms with Gasteiger partial charge in [0.15, 0.2) is 0 Å². The van der Waals surface area contributed by atoms with Crippen molar-refractivity contribution in [2.45, 2.75) is 52.5 Å². The summed E-state index contributed by atoms with van der Waals surface area (Å²) < 4.78 is 2.15. The summed E-state index contributed by atoms with van der Waals surface area (Å²) in [6.45, 7) is 5.11. The van der Waals surface area contributed by atoms with Crippen LogP contribution in [0.25, 0.3) is 11.0 Å². The minimum atomic E-state index is 0.304. The van der Waals surface area contributed by atoms with Crippen molar-refractivity contribution in [3.05, 3.63) is 30.1 Å². The lowest BCUT2D eigenvalue weighted by atomic mass is 10.1. The number of aryl methyl sites for hydroxylation is 1. The molecule has 0 amide bonds. The average Bonchev–Trinajstić information content (AvgIpc) is 2.76. The number of rotatable bonds is 7. The number of carbonyl (C=O) groups is 1. The van der Waals surface area contributed by atoms with Crippen LogP contribution in [0, 0.1) is 0 Å². The van der Waals surface area contributed by atoms with Gasteiger partial charge in [0.2, 0.25) is 0 Å². The zero-order chi connectivity index (χ0) is 13.7. The molecular formula is C16H22N2O. The maximum absolute atomic E-state index is 12.0. The van der Waals surface area contributed by atoms with Crippen LogP contribution in [0.2, 0.25) is 0 Å². The van der Waals surface area contributed by atoms with E-state index in [4.69, 9.17) is 0 Å². The van der Waals surface area contributed by atoms with E-state index in [1.54, 1.807) is 0 Å². The highest BCUT2D eigenvalue weighted by Crippen LogP contribution is 2.17. The first-order valence-electron chi connectivity index (χ1n) is 7.22. The largest absolute Gasteiger partial charge is 0.328 e. The van der Waals surface area contributed by atoms with Crippen molar-refractivity contribution in [2.75, 3.05) is 0 Å². The maximum Gasteiger partial charge on any atom is 0.140 e. The third kappa shape index (κ3) is 3.22. The van der Waals surface area contributed by atoms with Crippen LogP contribution in [0.1, 0.15) is 45.4 Å². The molecule has 2 rings (SSSR count). The number of carbonyl (C=O) groups excluding carboxylic acids is 1. The first-order chi connectivity index (χ1) is 9.26. The van der Waals surface area contributed by atoms with Crippen LogP contribution in [0.4, 0.5) is 0 Å². The van der Waals surface area contributed by atoms with Crippen LogP contribution >= 0.6 is 0 Å². The van der Waals surface area contributed by atoms with E-state index in [-0.39, 0.29) is 0 Å². The molecule has 3 nitrogen and oxygen atoms in total. The molecule has 0 atom stereocenters. The number of ketones is 1. The molecule has 0 spiro atoms. The summed E-state index contributed by atoms with van der Waals surface area (Å²) in [7, 11) is 0. The summed E-state index contributed by atoms with van der Waals surface area (Å²) in [6.07, 6.45) is 4.44. The number of unbranched alkanes of at least 4 members (excludes halogenated alkanes) is 2. The second kappa shape index (κ2) is 6.50. The first kappa shape index (κ1) is 13.8. The Morgan fingerprint density at radius 3 is 2.74 bits per heavy atom. The van der Waals surface area contributed by atoms with Crippen molar-refractivity contribution in [3.63, 3.8) is 0 Å². The van der Waals surface area contributed by atoms with Gasteiger partial charge >= 0.3 is 0 Å². The predicted molar refractivity (Wildman–Crippen MR) is 78.3 cm³/mol. The highest BCUT2D eigenvalue weighted by molar-refractivity contribution is 5.82. The molecular weight excluding hydrogens is 236 g/mol. The van der Waals surface area contributed by atoms with Gasteiger partial charge in [0, 0.05) is 13.0 Å². The number of imidazole rings is 1. The number of Topliss-reactive ketones (excluding diaryl/α,β-unsaturated/α-hetero) is 1. The summed E-state index contributed by atoms with van der Waals surface area (Å²) in [5, 5.41) is 0. The number of para-hydroxylation sites is 2. The third-order valence-electron chi connectivity index (χ3n) is 3.46. The Bertz CT molecular complexity index is 557. The fraction of sp³-hybridized carbons (Fsp3) is 0.500. The van der Waals surface area contributed by atoms with E-state index in [2.05, 4.69) is 29.5 Å². The van der Waals surface area contributed by atoms with Gasteiger partial charge in [-0.1, -0.05) is 31.9 Å². The van der Waals surface area contributed by atoms with Crippen molar-refractivity contribution >= 4 is 16.8 Å². The average molecular weight is 258 g/mol. The summed E-state index contributed by atoms with van der Waals surface area (Å²) >= 11 is 0. The van der Waals surface area contributed by atoms with E-state index in [0.29, 0.717) is 18.6 Å². The zero-order valence-corrected chi connectivity index (χ0v) is 11.9. The van der Waals surface area contributed by atoms with Crippen molar-refractivity contribution < 1.29 is 4.79 Å². The molecule has 1 aromatic carbocycles. The number of hydrogen-bond acceptors (Lipinski definition) is 2. The smallest absolute Gasteiger partial charge is 0.140 e. The molecule has 0 N–H and O–H groups in total. The van der Waals surface area contributed by atoms with Crippen LogP contribution in [-0.2, 0) is 17.8 Å². The lowest BCUT2D eigenvalue weighted by Gasteiger charge is -2.05. The van der Waals surface area contributed by atoms with Gasteiger partial charge in [-0.3, -0.25) is 4.79 Å². The molecule has 19 heavy (non-hydrogen) atoms. The van der Waals surface area contributed by atoms with E-state index in [9.17, 15) is 4.79 Å². The maximum atomic E-state index is 12.0. The Balaban J connectivity index is 2.13. The van der Waals surface area contributed by atoms with Gasteiger partial charge in [-0.05, 0) is 25.5 Å². The van der Waals surface area contributed by atoms with Gasteiger partial charge in [0.05, 0.1) is 17.5 Å². The normalized spacial score (nSPS) is 11.1. The molecule has 2 aromatic rings. The van der Waals surface area contributed by atoms with E-state index in [1.165, 1.54) is 0 Å². The van der Waals surface area contributed by atoms with Crippen LogP contribution < -0.4 is 0 Å². The lowest BCUT2D eigenvalue weighted by Crippen LogP contribution is -2.09. The first-order valence-corrected chi connectivity index (χ1v) is 7.22. The van der Waals surface area contributed by atoms with Gasteiger partial charge < -0.3 is 4.57 Å². The SMILES string of the molecule is CCCCCC(=O)Cc1nc2ccccc2n1CC.